The fourth-order valence-electron chi connectivity index (χ4n) is 2.41. The Labute approximate surface area is 119 Å². The third kappa shape index (κ3) is 3.58. The predicted molar refractivity (Wildman–Crippen MR) is 76.7 cm³/mol. The van der Waals surface area contributed by atoms with E-state index in [-0.39, 0.29) is 16.2 Å². The van der Waals surface area contributed by atoms with Crippen LogP contribution in [-0.2, 0) is 10.0 Å². The largest absolute Gasteiger partial charge is 0.351 e. The zero-order valence-corrected chi connectivity index (χ0v) is 12.4. The summed E-state index contributed by atoms with van der Waals surface area (Å²) in [4.78, 5) is 12.0. The standard InChI is InChI=1S/C14H20N2O3S/c1-2-6-14(7-8-14)10-16-13(17)11-4-3-5-12(9-11)20(15,18)19/h3-5,9H,2,6-8,10H2,1H3,(H,16,17)(H2,15,18,19). The highest BCUT2D eigenvalue weighted by atomic mass is 32.2. The number of nitrogens with two attached hydrogens (primary N) is 1. The highest BCUT2D eigenvalue weighted by Crippen LogP contribution is 2.48. The molecule has 0 saturated heterocycles. The van der Waals surface area contributed by atoms with Crippen molar-refractivity contribution in [1.29, 1.82) is 0 Å². The van der Waals surface area contributed by atoms with Crippen LogP contribution in [0.25, 0.3) is 0 Å². The lowest BCUT2D eigenvalue weighted by Crippen LogP contribution is -2.30. The Hall–Kier alpha value is -1.40. The number of benzene rings is 1. The molecule has 20 heavy (non-hydrogen) atoms. The number of amides is 1. The number of primary sulfonamides is 1. The van der Waals surface area contributed by atoms with Crippen LogP contribution in [0, 0.1) is 5.41 Å². The van der Waals surface area contributed by atoms with E-state index in [4.69, 9.17) is 5.14 Å². The highest BCUT2D eigenvalue weighted by Gasteiger charge is 2.41. The average molecular weight is 296 g/mol. The van der Waals surface area contributed by atoms with E-state index in [0.717, 1.165) is 25.7 Å². The van der Waals surface area contributed by atoms with Crippen LogP contribution in [-0.4, -0.2) is 20.9 Å². The van der Waals surface area contributed by atoms with E-state index in [9.17, 15) is 13.2 Å². The van der Waals surface area contributed by atoms with E-state index in [1.807, 2.05) is 0 Å². The van der Waals surface area contributed by atoms with Crippen LogP contribution < -0.4 is 10.5 Å². The molecule has 0 aromatic heterocycles. The second-order valence-corrected chi connectivity index (χ2v) is 7.07. The zero-order chi connectivity index (χ0) is 14.8. The highest BCUT2D eigenvalue weighted by molar-refractivity contribution is 7.89. The second kappa shape index (κ2) is 5.54. The van der Waals surface area contributed by atoms with Gasteiger partial charge in [-0.1, -0.05) is 19.4 Å². The lowest BCUT2D eigenvalue weighted by Gasteiger charge is -2.15. The third-order valence-electron chi connectivity index (χ3n) is 3.79. The summed E-state index contributed by atoms with van der Waals surface area (Å²) in [5, 5.41) is 7.95. The van der Waals surface area contributed by atoms with Gasteiger partial charge in [0, 0.05) is 12.1 Å². The summed E-state index contributed by atoms with van der Waals surface area (Å²) in [7, 11) is -3.78. The van der Waals surface area contributed by atoms with Gasteiger partial charge in [0.05, 0.1) is 4.90 Å². The van der Waals surface area contributed by atoms with Crippen LogP contribution in [0.4, 0.5) is 0 Å². The number of rotatable bonds is 6. The van der Waals surface area contributed by atoms with Crippen molar-refractivity contribution in [3.63, 3.8) is 0 Å². The summed E-state index contributed by atoms with van der Waals surface area (Å²) in [6, 6.07) is 5.80. The summed E-state index contributed by atoms with van der Waals surface area (Å²) in [5.74, 6) is -0.252. The fourth-order valence-corrected chi connectivity index (χ4v) is 2.97. The van der Waals surface area contributed by atoms with E-state index in [1.54, 1.807) is 6.07 Å². The Kier molecular flexibility index (Phi) is 4.15. The maximum absolute atomic E-state index is 12.1. The Morgan fingerprint density at radius 1 is 1.40 bits per heavy atom. The van der Waals surface area contributed by atoms with Crippen molar-refractivity contribution < 1.29 is 13.2 Å². The number of hydrogen-bond acceptors (Lipinski definition) is 3. The molecule has 0 bridgehead atoms. The first-order chi connectivity index (χ1) is 9.36. The van der Waals surface area contributed by atoms with Gasteiger partial charge in [0.2, 0.25) is 10.0 Å². The van der Waals surface area contributed by atoms with Crippen molar-refractivity contribution >= 4 is 15.9 Å². The Morgan fingerprint density at radius 2 is 2.10 bits per heavy atom. The van der Waals surface area contributed by atoms with Gasteiger partial charge < -0.3 is 5.32 Å². The van der Waals surface area contributed by atoms with Gasteiger partial charge in [-0.2, -0.15) is 0 Å². The molecule has 3 N–H and O–H groups in total. The van der Waals surface area contributed by atoms with Crippen molar-refractivity contribution in [2.24, 2.45) is 10.6 Å². The molecule has 110 valence electrons. The zero-order valence-electron chi connectivity index (χ0n) is 11.6. The molecule has 1 aliphatic carbocycles. The molecule has 0 radical (unpaired) electrons. The molecule has 5 nitrogen and oxygen atoms in total. The summed E-state index contributed by atoms with van der Waals surface area (Å²) >= 11 is 0. The van der Waals surface area contributed by atoms with Gasteiger partial charge >= 0.3 is 0 Å². The molecule has 0 aliphatic heterocycles. The van der Waals surface area contributed by atoms with Gasteiger partial charge in [-0.3, -0.25) is 4.79 Å². The molecule has 0 unspecified atom stereocenters. The molecule has 0 spiro atoms. The Morgan fingerprint density at radius 3 is 2.65 bits per heavy atom. The van der Waals surface area contributed by atoms with E-state index in [2.05, 4.69) is 12.2 Å². The van der Waals surface area contributed by atoms with Crippen molar-refractivity contribution in [1.82, 2.24) is 5.32 Å². The van der Waals surface area contributed by atoms with Crippen molar-refractivity contribution in [2.45, 2.75) is 37.5 Å². The van der Waals surface area contributed by atoms with Gasteiger partial charge in [-0.25, -0.2) is 13.6 Å². The molecule has 1 aliphatic rings. The van der Waals surface area contributed by atoms with E-state index in [0.29, 0.717) is 12.1 Å². The van der Waals surface area contributed by atoms with Gasteiger partial charge in [-0.15, -0.1) is 0 Å². The maximum Gasteiger partial charge on any atom is 0.251 e. The molecule has 1 aromatic carbocycles. The van der Waals surface area contributed by atoms with E-state index >= 15 is 0 Å². The summed E-state index contributed by atoms with van der Waals surface area (Å²) in [6.07, 6.45) is 4.53. The molecular formula is C14H20N2O3S. The summed E-state index contributed by atoms with van der Waals surface area (Å²) < 4.78 is 22.5. The second-order valence-electron chi connectivity index (χ2n) is 5.51. The topological polar surface area (TPSA) is 89.3 Å². The molecule has 1 fully saturated rings. The number of carbonyl (C=O) groups excluding carboxylic acids is 1. The van der Waals surface area contributed by atoms with Crippen LogP contribution in [0.15, 0.2) is 29.2 Å². The lowest BCUT2D eigenvalue weighted by atomic mass is 10.0. The van der Waals surface area contributed by atoms with Crippen LogP contribution in [0.2, 0.25) is 0 Å². The van der Waals surface area contributed by atoms with Gasteiger partial charge in [0.25, 0.3) is 5.91 Å². The van der Waals surface area contributed by atoms with Gasteiger partial charge in [0.1, 0.15) is 0 Å². The maximum atomic E-state index is 12.1. The molecule has 6 heteroatoms. The van der Waals surface area contributed by atoms with Gasteiger partial charge in [-0.05, 0) is 42.9 Å². The molecule has 1 saturated carbocycles. The molecule has 2 rings (SSSR count). The summed E-state index contributed by atoms with van der Waals surface area (Å²) in [6.45, 7) is 2.79. The molecule has 0 heterocycles. The van der Waals surface area contributed by atoms with Crippen LogP contribution >= 0.6 is 0 Å². The monoisotopic (exact) mass is 296 g/mol. The number of hydrogen-bond donors (Lipinski definition) is 2. The third-order valence-corrected chi connectivity index (χ3v) is 4.70. The minimum Gasteiger partial charge on any atom is -0.351 e. The fraction of sp³-hybridized carbons (Fsp3) is 0.500. The van der Waals surface area contributed by atoms with Crippen molar-refractivity contribution in [2.75, 3.05) is 6.54 Å². The minimum atomic E-state index is -3.78. The summed E-state index contributed by atoms with van der Waals surface area (Å²) in [5.41, 5.74) is 0.589. The molecule has 1 amide bonds. The first-order valence-electron chi connectivity index (χ1n) is 6.77. The first kappa shape index (κ1) is 15.0. The van der Waals surface area contributed by atoms with Crippen molar-refractivity contribution in [3.05, 3.63) is 29.8 Å². The SMILES string of the molecule is CCCC1(CNC(=O)c2cccc(S(N)(=O)=O)c2)CC1. The normalized spacial score (nSPS) is 16.7. The van der Waals surface area contributed by atoms with E-state index < -0.39 is 10.0 Å². The average Bonchev–Trinajstić information content (AvgIpc) is 3.16. The number of carbonyl (C=O) groups is 1. The lowest BCUT2D eigenvalue weighted by molar-refractivity contribution is 0.0943. The van der Waals surface area contributed by atoms with Crippen LogP contribution in [0.3, 0.4) is 0 Å². The predicted octanol–water partition coefficient (Wildman–Crippen LogP) is 1.64. The molecular weight excluding hydrogens is 276 g/mol. The Bertz CT molecular complexity index is 607. The smallest absolute Gasteiger partial charge is 0.251 e. The quantitative estimate of drug-likeness (QED) is 0.836. The minimum absolute atomic E-state index is 0.0418. The van der Waals surface area contributed by atoms with E-state index in [1.165, 1.54) is 18.2 Å². The Balaban J connectivity index is 2.03. The molecule has 1 aromatic rings. The van der Waals surface area contributed by atoms with Crippen LogP contribution in [0.5, 0.6) is 0 Å². The van der Waals surface area contributed by atoms with Crippen molar-refractivity contribution in [3.8, 4) is 0 Å². The van der Waals surface area contributed by atoms with Crippen LogP contribution in [0.1, 0.15) is 43.0 Å². The number of sulfonamides is 1. The first-order valence-corrected chi connectivity index (χ1v) is 8.32. The van der Waals surface area contributed by atoms with Gasteiger partial charge in [0.15, 0.2) is 0 Å². The molecule has 0 atom stereocenters. The number of nitrogens with one attached hydrogen (secondary N) is 1.